The van der Waals surface area contributed by atoms with Gasteiger partial charge >= 0.3 is 0 Å². The average Bonchev–Trinajstić information content (AvgIpc) is 3.84. The number of nitrogens with one attached hydrogen (secondary N) is 2. The van der Waals surface area contributed by atoms with Crippen LogP contribution in [0.1, 0.15) is 11.4 Å². The lowest BCUT2D eigenvalue weighted by Crippen LogP contribution is -2.45. The summed E-state index contributed by atoms with van der Waals surface area (Å²) in [5.41, 5.74) is 9.48. The number of piperazine rings is 1. The average molecular weight is 779 g/mol. The van der Waals surface area contributed by atoms with E-state index in [9.17, 15) is 0 Å². The summed E-state index contributed by atoms with van der Waals surface area (Å²) in [5.74, 6) is 3.42. The first-order chi connectivity index (χ1) is 28.4. The van der Waals surface area contributed by atoms with Gasteiger partial charge in [-0.15, -0.1) is 0 Å². The summed E-state index contributed by atoms with van der Waals surface area (Å²) < 4.78 is 34.2. The summed E-state index contributed by atoms with van der Waals surface area (Å²) >= 11 is 0. The Balaban J connectivity index is 1.01. The van der Waals surface area contributed by atoms with Crippen molar-refractivity contribution in [2.24, 2.45) is 0 Å². The van der Waals surface area contributed by atoms with E-state index >= 15 is 0 Å². The van der Waals surface area contributed by atoms with Gasteiger partial charge in [-0.2, -0.15) is 0 Å². The first-order valence-electron chi connectivity index (χ1n) is 19.3. The van der Waals surface area contributed by atoms with Crippen molar-refractivity contribution in [2.75, 3.05) is 68.8 Å². The zero-order chi connectivity index (χ0) is 39.9. The Labute approximate surface area is 336 Å². The van der Waals surface area contributed by atoms with Crippen LogP contribution in [-0.4, -0.2) is 98.6 Å². The molecule has 0 aliphatic carbocycles. The Bertz CT molecular complexity index is 2560. The lowest BCUT2D eigenvalue weighted by atomic mass is 10.0. The molecule has 1 saturated heterocycles. The maximum atomic E-state index is 5.73. The maximum absolute atomic E-state index is 5.73. The van der Waals surface area contributed by atoms with E-state index in [2.05, 4.69) is 68.3 Å². The van der Waals surface area contributed by atoms with Gasteiger partial charge < -0.3 is 38.4 Å². The topological polar surface area (TPSA) is 119 Å². The molecule has 0 saturated carbocycles. The van der Waals surface area contributed by atoms with Gasteiger partial charge in [0.15, 0.2) is 23.0 Å². The van der Waals surface area contributed by atoms with Crippen LogP contribution in [0.4, 0.5) is 0 Å². The number of rotatable bonds is 12. The van der Waals surface area contributed by atoms with Crippen molar-refractivity contribution in [1.29, 1.82) is 0 Å². The van der Waals surface area contributed by atoms with Crippen molar-refractivity contribution in [3.8, 4) is 57.0 Å². The highest BCUT2D eigenvalue weighted by Gasteiger charge is 2.24. The normalized spacial score (nSPS) is 13.8. The predicted molar refractivity (Wildman–Crippen MR) is 228 cm³/mol. The molecule has 8 aromatic rings. The van der Waals surface area contributed by atoms with Gasteiger partial charge in [0.05, 0.1) is 76.5 Å². The molecule has 4 aromatic heterocycles. The lowest BCUT2D eigenvalue weighted by molar-refractivity contribution is 0.120. The number of benzene rings is 4. The molecule has 0 amide bonds. The number of hydrogen-bond acceptors (Lipinski definition) is 10. The third-order valence-electron chi connectivity index (χ3n) is 11.2. The van der Waals surface area contributed by atoms with E-state index in [4.69, 9.17) is 38.4 Å². The standard InChI is InChI=1S/C46H46N6O6/c1-53-37-19-27(20-38(54-2)45(37)57-5)41-43-33(31-11-7-9-13-35(31)49-43)23-29(47-41)25-51-15-17-52(18-16-51)26-30-24-34-32-12-8-10-14-36(32)50-44(34)42(48-30)28-21-39(55-3)46(58-6)40(22-28)56-4/h7-14,19-24,49-50H,15-18,25-26H2,1-6H3. The van der Waals surface area contributed by atoms with Crippen LogP contribution in [0.2, 0.25) is 0 Å². The van der Waals surface area contributed by atoms with Crippen LogP contribution >= 0.6 is 0 Å². The van der Waals surface area contributed by atoms with Crippen LogP contribution in [0.25, 0.3) is 66.1 Å². The maximum Gasteiger partial charge on any atom is 0.203 e. The molecule has 12 nitrogen and oxygen atoms in total. The predicted octanol–water partition coefficient (Wildman–Crippen LogP) is 8.45. The molecule has 9 rings (SSSR count). The number of nitrogens with zero attached hydrogens (tertiary/aromatic N) is 4. The fourth-order valence-electron chi connectivity index (χ4n) is 8.38. The minimum Gasteiger partial charge on any atom is -0.493 e. The molecule has 5 heterocycles. The second kappa shape index (κ2) is 15.4. The van der Waals surface area contributed by atoms with Crippen LogP contribution < -0.4 is 28.4 Å². The van der Waals surface area contributed by atoms with Crippen molar-refractivity contribution in [3.05, 3.63) is 96.3 Å². The third-order valence-corrected chi connectivity index (χ3v) is 11.2. The quantitative estimate of drug-likeness (QED) is 0.125. The fraction of sp³-hybridized carbons (Fsp3) is 0.261. The molecule has 0 bridgehead atoms. The first kappa shape index (κ1) is 37.1. The molecule has 0 spiro atoms. The van der Waals surface area contributed by atoms with E-state index in [1.165, 1.54) is 0 Å². The largest absolute Gasteiger partial charge is 0.493 e. The summed E-state index contributed by atoms with van der Waals surface area (Å²) in [6.07, 6.45) is 0. The number of H-pyrrole nitrogens is 2. The number of pyridine rings is 2. The van der Waals surface area contributed by atoms with E-state index in [0.717, 1.165) is 104 Å². The first-order valence-corrected chi connectivity index (χ1v) is 19.3. The van der Waals surface area contributed by atoms with Gasteiger partial charge in [0.2, 0.25) is 11.5 Å². The van der Waals surface area contributed by atoms with E-state index < -0.39 is 0 Å². The number of methoxy groups -OCH3 is 6. The number of aromatic nitrogens is 4. The number of para-hydroxylation sites is 2. The van der Waals surface area contributed by atoms with Gasteiger partial charge in [-0.25, -0.2) is 9.97 Å². The zero-order valence-corrected chi connectivity index (χ0v) is 33.6. The Kier molecular flexibility index (Phi) is 9.88. The van der Waals surface area contributed by atoms with Crippen LogP contribution in [-0.2, 0) is 13.1 Å². The molecule has 0 radical (unpaired) electrons. The molecule has 4 aromatic carbocycles. The highest BCUT2D eigenvalue weighted by Crippen LogP contribution is 2.44. The highest BCUT2D eigenvalue weighted by molar-refractivity contribution is 6.12. The second-order valence-electron chi connectivity index (χ2n) is 14.5. The van der Waals surface area contributed by atoms with Gasteiger partial charge in [0, 0.05) is 83.0 Å². The minimum absolute atomic E-state index is 0.546. The van der Waals surface area contributed by atoms with Gasteiger partial charge in [0.1, 0.15) is 0 Å². The molecule has 1 fully saturated rings. The fourth-order valence-corrected chi connectivity index (χ4v) is 8.38. The van der Waals surface area contributed by atoms with Gasteiger partial charge in [-0.05, 0) is 48.5 Å². The van der Waals surface area contributed by atoms with Gasteiger partial charge in [-0.3, -0.25) is 9.80 Å². The highest BCUT2D eigenvalue weighted by atomic mass is 16.5. The molecule has 1 aliphatic rings. The minimum atomic E-state index is 0.546. The van der Waals surface area contributed by atoms with Crippen molar-refractivity contribution >= 4 is 43.6 Å². The van der Waals surface area contributed by atoms with Crippen LogP contribution in [0.5, 0.6) is 34.5 Å². The van der Waals surface area contributed by atoms with Crippen LogP contribution in [0.15, 0.2) is 84.9 Å². The van der Waals surface area contributed by atoms with Crippen molar-refractivity contribution in [1.82, 2.24) is 29.7 Å². The summed E-state index contributed by atoms with van der Waals surface area (Å²) in [6.45, 7) is 4.99. The van der Waals surface area contributed by atoms with Gasteiger partial charge in [-0.1, -0.05) is 36.4 Å². The summed E-state index contributed by atoms with van der Waals surface area (Å²) in [7, 11) is 9.76. The molecule has 296 valence electrons. The number of hydrogen-bond donors (Lipinski definition) is 2. The number of ether oxygens (including phenoxy) is 6. The van der Waals surface area contributed by atoms with Gasteiger partial charge in [0.25, 0.3) is 0 Å². The third kappa shape index (κ3) is 6.53. The monoisotopic (exact) mass is 778 g/mol. The summed E-state index contributed by atoms with van der Waals surface area (Å²) in [5, 5.41) is 4.57. The molecule has 0 atom stereocenters. The number of fused-ring (bicyclic) bond motifs is 6. The lowest BCUT2D eigenvalue weighted by Gasteiger charge is -2.34. The Morgan fingerprint density at radius 3 is 1.17 bits per heavy atom. The summed E-state index contributed by atoms with van der Waals surface area (Å²) in [4.78, 5) is 22.8. The van der Waals surface area contributed by atoms with Crippen molar-refractivity contribution < 1.29 is 28.4 Å². The second-order valence-corrected chi connectivity index (χ2v) is 14.5. The molecule has 0 unspecified atom stereocenters. The Morgan fingerprint density at radius 2 is 0.828 bits per heavy atom. The molecular formula is C46H46N6O6. The van der Waals surface area contributed by atoms with E-state index in [1.807, 2.05) is 36.4 Å². The van der Waals surface area contributed by atoms with E-state index in [0.29, 0.717) is 47.6 Å². The molecule has 58 heavy (non-hydrogen) atoms. The molecule has 1 aliphatic heterocycles. The SMILES string of the molecule is COc1cc(-c2nc(CN3CCN(Cc4cc5c([nH]c6ccccc65)c(-c5cc(OC)c(OC)c(OC)c5)n4)CC3)cc3c2[nH]c2ccccc23)cc(OC)c1OC. The van der Waals surface area contributed by atoms with Crippen molar-refractivity contribution in [2.45, 2.75) is 13.1 Å². The molecule has 2 N–H and O–H groups in total. The summed E-state index contributed by atoms with van der Waals surface area (Å²) in [6, 6.07) is 29.1. The molecular weight excluding hydrogens is 733 g/mol. The zero-order valence-electron chi connectivity index (χ0n) is 33.6. The Hall–Kier alpha value is -6.50. The van der Waals surface area contributed by atoms with E-state index in [1.54, 1.807) is 42.7 Å². The van der Waals surface area contributed by atoms with Crippen LogP contribution in [0, 0.1) is 0 Å². The number of aromatic amines is 2. The smallest absolute Gasteiger partial charge is 0.203 e. The van der Waals surface area contributed by atoms with Crippen molar-refractivity contribution in [3.63, 3.8) is 0 Å². The van der Waals surface area contributed by atoms with Crippen LogP contribution in [0.3, 0.4) is 0 Å². The van der Waals surface area contributed by atoms with E-state index in [-0.39, 0.29) is 0 Å². The Morgan fingerprint density at radius 1 is 0.466 bits per heavy atom. The molecule has 12 heteroatoms.